The largest absolute Gasteiger partial charge is 0.316 e. The Morgan fingerprint density at radius 1 is 1.33 bits per heavy atom. The Labute approximate surface area is 112 Å². The van der Waals surface area contributed by atoms with E-state index in [4.69, 9.17) is 11.6 Å². The van der Waals surface area contributed by atoms with Crippen molar-refractivity contribution < 1.29 is 4.79 Å². The minimum Gasteiger partial charge on any atom is -0.316 e. The zero-order chi connectivity index (χ0) is 12.6. The van der Waals surface area contributed by atoms with E-state index in [0.29, 0.717) is 5.02 Å². The number of piperidine rings is 1. The zero-order valence-corrected chi connectivity index (χ0v) is 11.0. The van der Waals surface area contributed by atoms with E-state index in [2.05, 4.69) is 5.32 Å². The maximum atomic E-state index is 12.6. The van der Waals surface area contributed by atoms with Gasteiger partial charge in [0.05, 0.1) is 5.41 Å². The Morgan fingerprint density at radius 2 is 2.22 bits per heavy atom. The van der Waals surface area contributed by atoms with Crippen molar-refractivity contribution in [2.75, 3.05) is 24.5 Å². The van der Waals surface area contributed by atoms with Gasteiger partial charge in [-0.05, 0) is 44.0 Å². The second kappa shape index (κ2) is 4.56. The molecule has 1 amide bonds. The van der Waals surface area contributed by atoms with Crippen LogP contribution in [0.15, 0.2) is 24.3 Å². The lowest BCUT2D eigenvalue weighted by Gasteiger charge is -2.32. The Hall–Kier alpha value is -1.06. The molecule has 0 aliphatic carbocycles. The van der Waals surface area contributed by atoms with Gasteiger partial charge in [-0.3, -0.25) is 4.79 Å². The van der Waals surface area contributed by atoms with Crippen LogP contribution in [0.4, 0.5) is 5.69 Å². The van der Waals surface area contributed by atoms with E-state index in [1.807, 2.05) is 29.2 Å². The average molecular weight is 265 g/mol. The summed E-state index contributed by atoms with van der Waals surface area (Å²) in [5.74, 6) is 0.261. The molecule has 2 aliphatic rings. The summed E-state index contributed by atoms with van der Waals surface area (Å²) in [6, 6.07) is 7.56. The topological polar surface area (TPSA) is 32.3 Å². The van der Waals surface area contributed by atoms with Crippen molar-refractivity contribution in [3.05, 3.63) is 29.3 Å². The van der Waals surface area contributed by atoms with E-state index in [1.54, 1.807) is 0 Å². The Balaban J connectivity index is 1.86. The van der Waals surface area contributed by atoms with Crippen molar-refractivity contribution in [2.45, 2.75) is 19.3 Å². The average Bonchev–Trinajstić information content (AvgIpc) is 2.68. The third-order valence-corrected chi connectivity index (χ3v) is 4.34. The lowest BCUT2D eigenvalue weighted by Crippen LogP contribution is -2.45. The summed E-state index contributed by atoms with van der Waals surface area (Å²) in [5.41, 5.74) is 0.760. The van der Waals surface area contributed by atoms with Crippen LogP contribution >= 0.6 is 11.6 Å². The van der Waals surface area contributed by atoms with Crippen LogP contribution in [0.2, 0.25) is 5.02 Å². The molecule has 1 atom stereocenters. The van der Waals surface area contributed by atoms with E-state index >= 15 is 0 Å². The van der Waals surface area contributed by atoms with Gasteiger partial charge in [-0.2, -0.15) is 0 Å². The number of anilines is 1. The number of nitrogens with one attached hydrogen (secondary N) is 1. The Morgan fingerprint density at radius 3 is 2.94 bits per heavy atom. The van der Waals surface area contributed by atoms with Crippen LogP contribution in [-0.2, 0) is 4.79 Å². The van der Waals surface area contributed by atoms with Crippen LogP contribution in [-0.4, -0.2) is 25.5 Å². The molecule has 1 unspecified atom stereocenters. The van der Waals surface area contributed by atoms with Gasteiger partial charge < -0.3 is 10.2 Å². The molecule has 0 aromatic heterocycles. The first-order valence-corrected chi connectivity index (χ1v) is 6.87. The van der Waals surface area contributed by atoms with Crippen molar-refractivity contribution in [1.82, 2.24) is 5.32 Å². The summed E-state index contributed by atoms with van der Waals surface area (Å²) in [6.07, 6.45) is 3.05. The zero-order valence-electron chi connectivity index (χ0n) is 10.3. The van der Waals surface area contributed by atoms with Crippen molar-refractivity contribution >= 4 is 23.2 Å². The molecular weight excluding hydrogens is 248 g/mol. The van der Waals surface area contributed by atoms with Gasteiger partial charge in [0.1, 0.15) is 0 Å². The lowest BCUT2D eigenvalue weighted by molar-refractivity contribution is -0.126. The highest BCUT2D eigenvalue weighted by Gasteiger charge is 2.47. The highest BCUT2D eigenvalue weighted by molar-refractivity contribution is 6.31. The van der Waals surface area contributed by atoms with Gasteiger partial charge in [0, 0.05) is 23.8 Å². The molecule has 96 valence electrons. The first kappa shape index (κ1) is 12.0. The molecule has 2 fully saturated rings. The van der Waals surface area contributed by atoms with Gasteiger partial charge in [0.25, 0.3) is 0 Å². The molecule has 3 rings (SSSR count). The van der Waals surface area contributed by atoms with Crippen molar-refractivity contribution in [3.63, 3.8) is 0 Å². The predicted molar refractivity (Wildman–Crippen MR) is 73.0 cm³/mol. The number of halogens is 1. The molecule has 1 aromatic rings. The monoisotopic (exact) mass is 264 g/mol. The smallest absolute Gasteiger partial charge is 0.234 e. The van der Waals surface area contributed by atoms with Crippen LogP contribution in [0.1, 0.15) is 19.3 Å². The van der Waals surface area contributed by atoms with Gasteiger partial charge in [-0.25, -0.2) is 0 Å². The summed E-state index contributed by atoms with van der Waals surface area (Å²) in [5, 5.41) is 4.04. The van der Waals surface area contributed by atoms with Gasteiger partial charge >= 0.3 is 0 Å². The normalized spacial score (nSPS) is 28.1. The SMILES string of the molecule is O=C1N(c2cccc(Cl)c2)CCC12CCCNC2. The minimum absolute atomic E-state index is 0.166. The van der Waals surface area contributed by atoms with Crippen LogP contribution in [0, 0.1) is 5.41 Å². The minimum atomic E-state index is -0.166. The number of carbonyl (C=O) groups is 1. The van der Waals surface area contributed by atoms with Gasteiger partial charge in [0.2, 0.25) is 5.91 Å². The number of amides is 1. The van der Waals surface area contributed by atoms with Crippen molar-refractivity contribution in [3.8, 4) is 0 Å². The fraction of sp³-hybridized carbons (Fsp3) is 0.500. The van der Waals surface area contributed by atoms with Crippen LogP contribution < -0.4 is 10.2 Å². The molecule has 2 heterocycles. The van der Waals surface area contributed by atoms with Crippen LogP contribution in [0.3, 0.4) is 0 Å². The number of carbonyl (C=O) groups excluding carboxylic acids is 1. The van der Waals surface area contributed by atoms with E-state index in [9.17, 15) is 4.79 Å². The summed E-state index contributed by atoms with van der Waals surface area (Å²) in [4.78, 5) is 14.5. The second-order valence-corrected chi connectivity index (χ2v) is 5.68. The molecule has 3 nitrogen and oxygen atoms in total. The highest BCUT2D eigenvalue weighted by atomic mass is 35.5. The molecule has 1 spiro atoms. The molecule has 4 heteroatoms. The second-order valence-electron chi connectivity index (χ2n) is 5.25. The van der Waals surface area contributed by atoms with E-state index < -0.39 is 0 Å². The third kappa shape index (κ3) is 1.91. The summed E-state index contributed by atoms with van der Waals surface area (Å²) >= 11 is 6.00. The van der Waals surface area contributed by atoms with E-state index in [0.717, 1.165) is 44.6 Å². The predicted octanol–water partition coefficient (Wildman–Crippen LogP) is 2.45. The van der Waals surface area contributed by atoms with Crippen molar-refractivity contribution in [2.24, 2.45) is 5.41 Å². The first-order valence-electron chi connectivity index (χ1n) is 6.50. The Bertz CT molecular complexity index is 469. The highest BCUT2D eigenvalue weighted by Crippen LogP contribution is 2.40. The number of hydrogen-bond acceptors (Lipinski definition) is 2. The lowest BCUT2D eigenvalue weighted by atomic mass is 9.79. The molecular formula is C14H17ClN2O. The summed E-state index contributed by atoms with van der Waals surface area (Å²) in [7, 11) is 0. The molecule has 18 heavy (non-hydrogen) atoms. The molecule has 2 aliphatic heterocycles. The molecule has 2 saturated heterocycles. The van der Waals surface area contributed by atoms with E-state index in [1.165, 1.54) is 0 Å². The fourth-order valence-electron chi connectivity index (χ4n) is 3.07. The van der Waals surface area contributed by atoms with Gasteiger partial charge in [0.15, 0.2) is 0 Å². The molecule has 0 radical (unpaired) electrons. The summed E-state index contributed by atoms with van der Waals surface area (Å²) < 4.78 is 0. The maximum Gasteiger partial charge on any atom is 0.234 e. The Kier molecular flexibility index (Phi) is 3.04. The first-order chi connectivity index (χ1) is 8.71. The van der Waals surface area contributed by atoms with Crippen LogP contribution in [0.5, 0.6) is 0 Å². The number of benzene rings is 1. The van der Waals surface area contributed by atoms with Crippen LogP contribution in [0.25, 0.3) is 0 Å². The molecule has 0 saturated carbocycles. The quantitative estimate of drug-likeness (QED) is 0.845. The van der Waals surface area contributed by atoms with Crippen molar-refractivity contribution in [1.29, 1.82) is 0 Å². The third-order valence-electron chi connectivity index (χ3n) is 4.10. The van der Waals surface area contributed by atoms with Gasteiger partial charge in [-0.15, -0.1) is 0 Å². The number of hydrogen-bond donors (Lipinski definition) is 1. The summed E-state index contributed by atoms with van der Waals surface area (Å²) in [6.45, 7) is 2.66. The fourth-order valence-corrected chi connectivity index (χ4v) is 3.26. The molecule has 1 N–H and O–H groups in total. The molecule has 1 aromatic carbocycles. The van der Waals surface area contributed by atoms with E-state index in [-0.39, 0.29) is 11.3 Å². The number of nitrogens with zero attached hydrogens (tertiary/aromatic N) is 1. The molecule has 0 bridgehead atoms. The number of rotatable bonds is 1. The van der Waals surface area contributed by atoms with Gasteiger partial charge in [-0.1, -0.05) is 17.7 Å². The maximum absolute atomic E-state index is 12.6. The standard InChI is InChI=1S/C14H17ClN2O/c15-11-3-1-4-12(9-11)17-8-6-14(13(17)18)5-2-7-16-10-14/h1,3-4,9,16H,2,5-8,10H2.